The molecule has 1 aliphatic rings. The number of nitrogens with zero attached hydrogens (tertiary/aromatic N) is 1. The van der Waals surface area contributed by atoms with E-state index in [1.165, 1.54) is 18.4 Å². The Morgan fingerprint density at radius 1 is 1.04 bits per heavy atom. The van der Waals surface area contributed by atoms with Gasteiger partial charge < -0.3 is 5.32 Å². The van der Waals surface area contributed by atoms with E-state index in [0.29, 0.717) is 21.3 Å². The predicted molar refractivity (Wildman–Crippen MR) is 95.4 cm³/mol. The molecule has 0 radical (unpaired) electrons. The Morgan fingerprint density at radius 3 is 2.43 bits per heavy atom. The Hall–Kier alpha value is -1.55. The van der Waals surface area contributed by atoms with Gasteiger partial charge in [0, 0.05) is 17.1 Å². The zero-order valence-electron chi connectivity index (χ0n) is 12.7. The first kappa shape index (κ1) is 16.3. The van der Waals surface area contributed by atoms with Crippen molar-refractivity contribution in [1.82, 2.24) is 4.90 Å². The molecule has 1 heterocycles. The molecule has 0 saturated carbocycles. The van der Waals surface area contributed by atoms with E-state index in [9.17, 15) is 4.79 Å². The number of benzene rings is 2. The van der Waals surface area contributed by atoms with Crippen LogP contribution in [0.1, 0.15) is 28.8 Å². The van der Waals surface area contributed by atoms with Crippen LogP contribution >= 0.6 is 23.2 Å². The summed E-state index contributed by atoms with van der Waals surface area (Å²) in [4.78, 5) is 14.7. The third-order valence-electron chi connectivity index (χ3n) is 4.00. The van der Waals surface area contributed by atoms with Gasteiger partial charge in [0.05, 0.1) is 10.7 Å². The fourth-order valence-corrected chi connectivity index (χ4v) is 3.09. The lowest BCUT2D eigenvalue weighted by molar-refractivity contribution is 0.102. The molecular formula is C18H18Cl2N2O. The van der Waals surface area contributed by atoms with Crippen molar-refractivity contribution < 1.29 is 4.79 Å². The van der Waals surface area contributed by atoms with Gasteiger partial charge in [-0.1, -0.05) is 35.3 Å². The normalized spacial score (nSPS) is 14.9. The molecule has 0 spiro atoms. The molecule has 23 heavy (non-hydrogen) atoms. The molecule has 0 atom stereocenters. The molecule has 0 aromatic heterocycles. The van der Waals surface area contributed by atoms with Crippen LogP contribution in [-0.4, -0.2) is 23.9 Å². The van der Waals surface area contributed by atoms with E-state index in [0.717, 1.165) is 19.6 Å². The number of carbonyl (C=O) groups excluding carboxylic acids is 1. The highest BCUT2D eigenvalue weighted by Crippen LogP contribution is 2.26. The topological polar surface area (TPSA) is 32.3 Å². The smallest absolute Gasteiger partial charge is 0.255 e. The number of nitrogens with one attached hydrogen (secondary N) is 1. The van der Waals surface area contributed by atoms with Gasteiger partial charge in [0.1, 0.15) is 0 Å². The average Bonchev–Trinajstić information content (AvgIpc) is 3.04. The average molecular weight is 349 g/mol. The van der Waals surface area contributed by atoms with E-state index >= 15 is 0 Å². The molecule has 1 aliphatic heterocycles. The van der Waals surface area contributed by atoms with Gasteiger partial charge >= 0.3 is 0 Å². The second-order valence-corrected chi connectivity index (χ2v) is 6.60. The third-order valence-corrected chi connectivity index (χ3v) is 4.56. The molecule has 5 heteroatoms. The molecule has 1 saturated heterocycles. The molecule has 3 nitrogen and oxygen atoms in total. The van der Waals surface area contributed by atoms with Crippen molar-refractivity contribution in [2.75, 3.05) is 18.4 Å². The maximum absolute atomic E-state index is 12.3. The lowest BCUT2D eigenvalue weighted by Crippen LogP contribution is -2.18. The summed E-state index contributed by atoms with van der Waals surface area (Å²) in [6, 6.07) is 12.7. The van der Waals surface area contributed by atoms with Crippen molar-refractivity contribution in [3.8, 4) is 0 Å². The number of carbonyl (C=O) groups is 1. The van der Waals surface area contributed by atoms with Crippen LogP contribution in [0.3, 0.4) is 0 Å². The Kier molecular flexibility index (Phi) is 5.21. The monoisotopic (exact) mass is 348 g/mol. The third kappa shape index (κ3) is 4.25. The quantitative estimate of drug-likeness (QED) is 0.857. The molecule has 0 unspecified atom stereocenters. The van der Waals surface area contributed by atoms with Crippen molar-refractivity contribution in [1.29, 1.82) is 0 Å². The van der Waals surface area contributed by atoms with Gasteiger partial charge in [-0.25, -0.2) is 0 Å². The highest BCUT2D eigenvalue weighted by atomic mass is 35.5. The van der Waals surface area contributed by atoms with Crippen LogP contribution in [-0.2, 0) is 6.54 Å². The summed E-state index contributed by atoms with van der Waals surface area (Å²) < 4.78 is 0. The van der Waals surface area contributed by atoms with Crippen LogP contribution in [0.2, 0.25) is 10.0 Å². The SMILES string of the molecule is O=C(Nc1cc(Cl)ccc1Cl)c1ccc(CN2CCCC2)cc1. The van der Waals surface area contributed by atoms with Gasteiger partial charge in [-0.2, -0.15) is 0 Å². The van der Waals surface area contributed by atoms with Crippen molar-refractivity contribution >= 4 is 34.8 Å². The minimum Gasteiger partial charge on any atom is -0.321 e. The largest absolute Gasteiger partial charge is 0.321 e. The van der Waals surface area contributed by atoms with Crippen LogP contribution < -0.4 is 5.32 Å². The minimum atomic E-state index is -0.193. The molecule has 1 N–H and O–H groups in total. The molecule has 1 amide bonds. The molecule has 3 rings (SSSR count). The first-order valence-corrected chi connectivity index (χ1v) is 8.45. The van der Waals surface area contributed by atoms with Crippen molar-refractivity contribution in [2.45, 2.75) is 19.4 Å². The van der Waals surface area contributed by atoms with Gasteiger partial charge in [-0.15, -0.1) is 0 Å². The highest BCUT2D eigenvalue weighted by Gasteiger charge is 2.13. The van der Waals surface area contributed by atoms with Crippen molar-refractivity contribution in [3.63, 3.8) is 0 Å². The Morgan fingerprint density at radius 2 is 1.74 bits per heavy atom. The van der Waals surface area contributed by atoms with Gasteiger partial charge in [0.2, 0.25) is 0 Å². The first-order valence-electron chi connectivity index (χ1n) is 7.69. The zero-order chi connectivity index (χ0) is 16.2. The van der Waals surface area contributed by atoms with Crippen LogP contribution in [0, 0.1) is 0 Å². The number of hydrogen-bond donors (Lipinski definition) is 1. The first-order chi connectivity index (χ1) is 11.1. The number of hydrogen-bond acceptors (Lipinski definition) is 2. The second kappa shape index (κ2) is 7.35. The molecule has 0 bridgehead atoms. The maximum atomic E-state index is 12.3. The minimum absolute atomic E-state index is 0.193. The van der Waals surface area contributed by atoms with Crippen molar-refractivity contribution in [3.05, 3.63) is 63.6 Å². The molecule has 120 valence electrons. The van der Waals surface area contributed by atoms with Crippen molar-refractivity contribution in [2.24, 2.45) is 0 Å². The Balaban J connectivity index is 1.66. The van der Waals surface area contributed by atoms with E-state index in [1.54, 1.807) is 18.2 Å². The van der Waals surface area contributed by atoms with Gasteiger partial charge in [0.15, 0.2) is 0 Å². The lowest BCUT2D eigenvalue weighted by atomic mass is 10.1. The fourth-order valence-electron chi connectivity index (χ4n) is 2.75. The van der Waals surface area contributed by atoms with Gasteiger partial charge in [-0.05, 0) is 61.8 Å². The number of rotatable bonds is 4. The zero-order valence-corrected chi connectivity index (χ0v) is 14.2. The van der Waals surface area contributed by atoms with E-state index in [4.69, 9.17) is 23.2 Å². The standard InChI is InChI=1S/C18H18Cl2N2O/c19-15-7-8-16(20)17(11-15)21-18(23)14-5-3-13(4-6-14)12-22-9-1-2-10-22/h3-8,11H,1-2,9-10,12H2,(H,21,23). The summed E-state index contributed by atoms with van der Waals surface area (Å²) in [5.74, 6) is -0.193. The second-order valence-electron chi connectivity index (χ2n) is 5.76. The molecular weight excluding hydrogens is 331 g/mol. The highest BCUT2D eigenvalue weighted by molar-refractivity contribution is 6.35. The lowest BCUT2D eigenvalue weighted by Gasteiger charge is -2.14. The van der Waals surface area contributed by atoms with Crippen LogP contribution in [0.4, 0.5) is 5.69 Å². The number of amides is 1. The summed E-state index contributed by atoms with van der Waals surface area (Å²) in [7, 11) is 0. The summed E-state index contributed by atoms with van der Waals surface area (Å²) in [6.45, 7) is 3.27. The van der Waals surface area contributed by atoms with Crippen LogP contribution in [0.25, 0.3) is 0 Å². The number of halogens is 2. The van der Waals surface area contributed by atoms with E-state index in [-0.39, 0.29) is 5.91 Å². The van der Waals surface area contributed by atoms with E-state index < -0.39 is 0 Å². The van der Waals surface area contributed by atoms with Crippen LogP contribution in [0.5, 0.6) is 0 Å². The van der Waals surface area contributed by atoms with Gasteiger partial charge in [0.25, 0.3) is 5.91 Å². The summed E-state index contributed by atoms with van der Waals surface area (Å²) >= 11 is 12.0. The van der Waals surface area contributed by atoms with Crippen LogP contribution in [0.15, 0.2) is 42.5 Å². The summed E-state index contributed by atoms with van der Waals surface area (Å²) in [5, 5.41) is 3.79. The van der Waals surface area contributed by atoms with E-state index in [2.05, 4.69) is 10.2 Å². The molecule has 2 aromatic carbocycles. The fraction of sp³-hybridized carbons (Fsp3) is 0.278. The summed E-state index contributed by atoms with van der Waals surface area (Å²) in [6.07, 6.45) is 2.56. The molecule has 1 fully saturated rings. The van der Waals surface area contributed by atoms with E-state index in [1.807, 2.05) is 24.3 Å². The Bertz CT molecular complexity index is 695. The maximum Gasteiger partial charge on any atom is 0.255 e. The number of anilines is 1. The molecule has 0 aliphatic carbocycles. The Labute approximate surface area is 146 Å². The molecule has 2 aromatic rings. The van der Waals surface area contributed by atoms with Gasteiger partial charge in [-0.3, -0.25) is 9.69 Å². The number of likely N-dealkylation sites (tertiary alicyclic amines) is 1. The predicted octanol–water partition coefficient (Wildman–Crippen LogP) is 4.84. The summed E-state index contributed by atoms with van der Waals surface area (Å²) in [5.41, 5.74) is 2.35.